The molecule has 0 aliphatic heterocycles. The first-order valence-corrected chi connectivity index (χ1v) is 8.10. The molecule has 3 rings (SSSR count). The summed E-state index contributed by atoms with van der Waals surface area (Å²) >= 11 is 0. The average Bonchev–Trinajstić information content (AvgIpc) is 2.64. The van der Waals surface area contributed by atoms with Gasteiger partial charge in [-0.1, -0.05) is 24.3 Å². The number of pyridine rings is 2. The molecule has 1 aromatic carbocycles. The number of anilines is 2. The maximum absolute atomic E-state index is 12.4. The number of aromatic nitrogens is 2. The summed E-state index contributed by atoms with van der Waals surface area (Å²) in [6, 6.07) is 13.4. The smallest absolute Gasteiger partial charge is 0.274 e. The fourth-order valence-corrected chi connectivity index (χ4v) is 2.53. The largest absolute Gasteiger partial charge is 0.380 e. The van der Waals surface area contributed by atoms with E-state index in [-0.39, 0.29) is 5.91 Å². The van der Waals surface area contributed by atoms with Crippen molar-refractivity contribution in [3.8, 4) is 0 Å². The van der Waals surface area contributed by atoms with E-state index >= 15 is 0 Å². The van der Waals surface area contributed by atoms with Gasteiger partial charge in [-0.2, -0.15) is 0 Å². The van der Waals surface area contributed by atoms with Crippen LogP contribution in [0.4, 0.5) is 11.4 Å². The number of amides is 1. The van der Waals surface area contributed by atoms with Crippen LogP contribution in [-0.4, -0.2) is 15.9 Å². The third-order valence-electron chi connectivity index (χ3n) is 3.94. The van der Waals surface area contributed by atoms with Gasteiger partial charge in [-0.05, 0) is 48.7 Å². The number of hydrogen-bond acceptors (Lipinski definition) is 4. The summed E-state index contributed by atoms with van der Waals surface area (Å²) in [4.78, 5) is 20.7. The number of hydrogen-bond donors (Lipinski definition) is 2. The zero-order valence-corrected chi connectivity index (χ0v) is 14.3. The third kappa shape index (κ3) is 4.20. The molecule has 0 unspecified atom stereocenters. The molecule has 2 heterocycles. The van der Waals surface area contributed by atoms with Crippen molar-refractivity contribution in [2.45, 2.75) is 20.4 Å². The zero-order valence-electron chi connectivity index (χ0n) is 14.3. The van der Waals surface area contributed by atoms with E-state index in [1.807, 2.05) is 56.4 Å². The van der Waals surface area contributed by atoms with E-state index in [2.05, 4.69) is 20.6 Å². The highest BCUT2D eigenvalue weighted by molar-refractivity contribution is 6.03. The molecule has 0 spiro atoms. The predicted octanol–water partition coefficient (Wildman–Crippen LogP) is 3.96. The molecule has 0 fully saturated rings. The minimum atomic E-state index is -0.212. The van der Waals surface area contributed by atoms with Crippen molar-refractivity contribution in [1.29, 1.82) is 0 Å². The van der Waals surface area contributed by atoms with Crippen molar-refractivity contribution < 1.29 is 4.79 Å². The van der Waals surface area contributed by atoms with Gasteiger partial charge in [0.2, 0.25) is 0 Å². The lowest BCUT2D eigenvalue weighted by molar-refractivity contribution is 0.102. The number of nitrogens with zero attached hydrogens (tertiary/aromatic N) is 2. The molecule has 5 nitrogen and oxygen atoms in total. The third-order valence-corrected chi connectivity index (χ3v) is 3.94. The Morgan fingerprint density at radius 3 is 2.44 bits per heavy atom. The second-order valence-corrected chi connectivity index (χ2v) is 5.87. The first-order valence-electron chi connectivity index (χ1n) is 8.10. The molecule has 0 saturated heterocycles. The molecule has 2 N–H and O–H groups in total. The molecule has 0 aliphatic carbocycles. The molecule has 2 aromatic heterocycles. The van der Waals surface area contributed by atoms with Crippen LogP contribution in [0.25, 0.3) is 0 Å². The lowest BCUT2D eigenvalue weighted by Crippen LogP contribution is -2.15. The van der Waals surface area contributed by atoms with Gasteiger partial charge in [0.15, 0.2) is 0 Å². The molecule has 3 aromatic rings. The molecular formula is C20H20N4O. The monoisotopic (exact) mass is 332 g/mol. The van der Waals surface area contributed by atoms with Gasteiger partial charge in [0.1, 0.15) is 5.69 Å². The molecule has 0 radical (unpaired) electrons. The summed E-state index contributed by atoms with van der Waals surface area (Å²) in [5.74, 6) is -0.212. The van der Waals surface area contributed by atoms with E-state index in [1.165, 1.54) is 0 Å². The van der Waals surface area contributed by atoms with Crippen LogP contribution in [0.1, 0.15) is 27.2 Å². The fraction of sp³-hybridized carbons (Fsp3) is 0.150. The van der Waals surface area contributed by atoms with Crippen LogP contribution in [0.3, 0.4) is 0 Å². The van der Waals surface area contributed by atoms with Gasteiger partial charge >= 0.3 is 0 Å². The maximum atomic E-state index is 12.4. The summed E-state index contributed by atoms with van der Waals surface area (Å²) in [5.41, 5.74) is 5.22. The van der Waals surface area contributed by atoms with Crippen LogP contribution in [0.15, 0.2) is 61.1 Å². The van der Waals surface area contributed by atoms with Crippen molar-refractivity contribution in [2.75, 3.05) is 10.6 Å². The summed E-state index contributed by atoms with van der Waals surface area (Å²) in [6.07, 6.45) is 5.22. The van der Waals surface area contributed by atoms with Gasteiger partial charge in [-0.15, -0.1) is 0 Å². The average molecular weight is 332 g/mol. The van der Waals surface area contributed by atoms with Gasteiger partial charge < -0.3 is 10.6 Å². The highest BCUT2D eigenvalue weighted by Gasteiger charge is 2.10. The topological polar surface area (TPSA) is 66.9 Å². The zero-order chi connectivity index (χ0) is 17.6. The molecule has 0 saturated carbocycles. The molecular weight excluding hydrogens is 312 g/mol. The summed E-state index contributed by atoms with van der Waals surface area (Å²) in [6.45, 7) is 4.60. The molecule has 0 atom stereocenters. The Morgan fingerprint density at radius 2 is 1.80 bits per heavy atom. The Morgan fingerprint density at radius 1 is 1.00 bits per heavy atom. The summed E-state index contributed by atoms with van der Waals surface area (Å²) in [5, 5.41) is 6.20. The molecule has 1 amide bonds. The van der Waals surface area contributed by atoms with Gasteiger partial charge in [-0.3, -0.25) is 9.78 Å². The van der Waals surface area contributed by atoms with E-state index in [9.17, 15) is 4.79 Å². The van der Waals surface area contributed by atoms with Crippen LogP contribution in [0.5, 0.6) is 0 Å². The Bertz CT molecular complexity index is 840. The molecule has 0 aliphatic rings. The number of para-hydroxylation sites is 1. The second kappa shape index (κ2) is 7.57. The number of nitrogens with one attached hydrogen (secondary N) is 2. The molecule has 25 heavy (non-hydrogen) atoms. The minimum absolute atomic E-state index is 0.212. The van der Waals surface area contributed by atoms with Crippen LogP contribution >= 0.6 is 0 Å². The Kier molecular flexibility index (Phi) is 5.04. The first-order chi connectivity index (χ1) is 12.1. The number of rotatable bonds is 5. The number of carbonyl (C=O) groups excluding carboxylic acids is 1. The Hall–Kier alpha value is -3.21. The van der Waals surface area contributed by atoms with Crippen LogP contribution < -0.4 is 10.6 Å². The maximum Gasteiger partial charge on any atom is 0.274 e. The van der Waals surface area contributed by atoms with E-state index in [0.29, 0.717) is 12.2 Å². The standard InChI is InChI=1S/C20H20N4O/c1-14-5-3-6-15(2)19(14)24-20(25)18-9-8-17(13-23-18)22-12-16-7-4-10-21-11-16/h3-11,13,22H,12H2,1-2H3,(H,24,25). The second-order valence-electron chi connectivity index (χ2n) is 5.87. The lowest BCUT2D eigenvalue weighted by Gasteiger charge is -2.11. The van der Waals surface area contributed by atoms with Crippen molar-refractivity contribution in [3.63, 3.8) is 0 Å². The molecule has 0 bridgehead atoms. The number of aryl methyl sites for hydroxylation is 2. The summed E-state index contributed by atoms with van der Waals surface area (Å²) < 4.78 is 0. The van der Waals surface area contributed by atoms with E-state index in [1.54, 1.807) is 18.5 Å². The number of carbonyl (C=O) groups is 1. The highest BCUT2D eigenvalue weighted by atomic mass is 16.1. The van der Waals surface area contributed by atoms with E-state index < -0.39 is 0 Å². The van der Waals surface area contributed by atoms with Crippen LogP contribution in [0, 0.1) is 13.8 Å². The van der Waals surface area contributed by atoms with Crippen LogP contribution in [0.2, 0.25) is 0 Å². The van der Waals surface area contributed by atoms with Crippen LogP contribution in [-0.2, 0) is 6.54 Å². The van der Waals surface area contributed by atoms with Crippen molar-refractivity contribution in [2.24, 2.45) is 0 Å². The van der Waals surface area contributed by atoms with Gasteiger partial charge in [0, 0.05) is 24.6 Å². The van der Waals surface area contributed by atoms with E-state index in [0.717, 1.165) is 28.1 Å². The Labute approximate surface area is 147 Å². The van der Waals surface area contributed by atoms with Gasteiger partial charge in [0.05, 0.1) is 11.9 Å². The van der Waals surface area contributed by atoms with Crippen molar-refractivity contribution >= 4 is 17.3 Å². The molecule has 126 valence electrons. The fourth-order valence-electron chi connectivity index (χ4n) is 2.53. The first kappa shape index (κ1) is 16.6. The van der Waals surface area contributed by atoms with Crippen molar-refractivity contribution in [1.82, 2.24) is 9.97 Å². The minimum Gasteiger partial charge on any atom is -0.380 e. The summed E-state index contributed by atoms with van der Waals surface area (Å²) in [7, 11) is 0. The normalized spacial score (nSPS) is 10.3. The lowest BCUT2D eigenvalue weighted by atomic mass is 10.1. The van der Waals surface area contributed by atoms with E-state index in [4.69, 9.17) is 0 Å². The van der Waals surface area contributed by atoms with Gasteiger partial charge in [-0.25, -0.2) is 4.98 Å². The predicted molar refractivity (Wildman–Crippen MR) is 99.7 cm³/mol. The molecule has 5 heteroatoms. The highest BCUT2D eigenvalue weighted by Crippen LogP contribution is 2.20. The number of benzene rings is 1. The SMILES string of the molecule is Cc1cccc(C)c1NC(=O)c1ccc(NCc2cccnc2)cn1. The van der Waals surface area contributed by atoms with Gasteiger partial charge in [0.25, 0.3) is 5.91 Å². The van der Waals surface area contributed by atoms with Crippen molar-refractivity contribution in [3.05, 3.63) is 83.4 Å². The quantitative estimate of drug-likeness (QED) is 0.742. The Balaban J connectivity index is 1.64.